The van der Waals surface area contributed by atoms with Crippen molar-refractivity contribution in [3.63, 3.8) is 0 Å². The minimum atomic E-state index is -0.400. The Labute approximate surface area is 133 Å². The molecule has 1 aliphatic rings. The van der Waals surface area contributed by atoms with Crippen LogP contribution in [0.4, 0.5) is 4.39 Å². The summed E-state index contributed by atoms with van der Waals surface area (Å²) in [6, 6.07) is 6.37. The van der Waals surface area contributed by atoms with Gasteiger partial charge >= 0.3 is 0 Å². The highest BCUT2D eigenvalue weighted by Gasteiger charge is 2.34. The van der Waals surface area contributed by atoms with Crippen LogP contribution in [-0.4, -0.2) is 32.9 Å². The molecule has 1 aliphatic carbocycles. The average molecular weight is 315 g/mol. The number of nitriles is 1. The van der Waals surface area contributed by atoms with Gasteiger partial charge in [0, 0.05) is 24.6 Å². The number of hydrogen-bond donors (Lipinski definition) is 3. The second-order valence-electron chi connectivity index (χ2n) is 5.92. The van der Waals surface area contributed by atoms with Crippen LogP contribution in [0.3, 0.4) is 0 Å². The van der Waals surface area contributed by atoms with Crippen LogP contribution in [-0.2, 0) is 6.54 Å². The first kappa shape index (κ1) is 15.6. The first-order valence-electron chi connectivity index (χ1n) is 7.60. The third-order valence-corrected chi connectivity index (χ3v) is 4.38. The molecule has 0 amide bonds. The Balaban J connectivity index is 1.52. The van der Waals surface area contributed by atoms with Gasteiger partial charge in [-0.15, -0.1) is 0 Å². The number of aromatic amines is 1. The maximum Gasteiger partial charge on any atom is 0.137 e. The highest BCUT2D eigenvalue weighted by molar-refractivity contribution is 5.32. The molecule has 0 radical (unpaired) electrons. The molecule has 1 aromatic heterocycles. The molecular weight excluding hydrogens is 297 g/mol. The molecule has 6 nitrogen and oxygen atoms in total. The largest absolute Gasteiger partial charge is 0.393 e. The molecule has 0 bridgehead atoms. The summed E-state index contributed by atoms with van der Waals surface area (Å²) in [5, 5.41) is 28.8. The highest BCUT2D eigenvalue weighted by atomic mass is 19.1. The van der Waals surface area contributed by atoms with Gasteiger partial charge in [0.25, 0.3) is 0 Å². The number of nitrogens with zero attached hydrogens (tertiary/aromatic N) is 3. The van der Waals surface area contributed by atoms with Crippen molar-refractivity contribution in [1.82, 2.24) is 20.5 Å². The molecule has 3 rings (SSSR count). The lowest BCUT2D eigenvalue weighted by molar-refractivity contribution is 0.131. The normalized spacial score (nSPS) is 23.8. The molecule has 1 aromatic carbocycles. The van der Waals surface area contributed by atoms with Crippen molar-refractivity contribution in [2.45, 2.75) is 31.4 Å². The second-order valence-corrected chi connectivity index (χ2v) is 5.92. The monoisotopic (exact) mass is 315 g/mol. The van der Waals surface area contributed by atoms with Gasteiger partial charge in [0.05, 0.1) is 17.7 Å². The van der Waals surface area contributed by atoms with E-state index in [0.717, 1.165) is 12.2 Å². The van der Waals surface area contributed by atoms with E-state index in [-0.39, 0.29) is 17.7 Å². The zero-order valence-corrected chi connectivity index (χ0v) is 12.5. The first-order chi connectivity index (χ1) is 11.2. The van der Waals surface area contributed by atoms with E-state index in [2.05, 4.69) is 20.5 Å². The number of nitrogens with one attached hydrogen (secondary N) is 2. The lowest BCUT2D eigenvalue weighted by atomic mass is 10.0. The molecule has 1 fully saturated rings. The fourth-order valence-corrected chi connectivity index (χ4v) is 3.11. The van der Waals surface area contributed by atoms with Crippen molar-refractivity contribution in [3.05, 3.63) is 47.3 Å². The zero-order valence-electron chi connectivity index (χ0n) is 12.5. The summed E-state index contributed by atoms with van der Waals surface area (Å²) in [7, 11) is 0. The summed E-state index contributed by atoms with van der Waals surface area (Å²) in [5.74, 6) is 0.713. The Bertz CT molecular complexity index is 697. The number of aliphatic hydroxyl groups is 1. The Kier molecular flexibility index (Phi) is 4.65. The van der Waals surface area contributed by atoms with Gasteiger partial charge in [0.1, 0.15) is 18.0 Å². The summed E-state index contributed by atoms with van der Waals surface area (Å²) < 4.78 is 13.8. The molecule has 1 saturated carbocycles. The second kappa shape index (κ2) is 6.86. The molecule has 1 heterocycles. The molecule has 23 heavy (non-hydrogen) atoms. The van der Waals surface area contributed by atoms with Gasteiger partial charge in [-0.05, 0) is 30.9 Å². The summed E-state index contributed by atoms with van der Waals surface area (Å²) in [4.78, 5) is 4.15. The molecule has 0 aliphatic heterocycles. The van der Waals surface area contributed by atoms with Gasteiger partial charge in [-0.25, -0.2) is 9.37 Å². The van der Waals surface area contributed by atoms with Crippen molar-refractivity contribution >= 4 is 0 Å². The van der Waals surface area contributed by atoms with Gasteiger partial charge in [0.2, 0.25) is 0 Å². The number of benzene rings is 1. The van der Waals surface area contributed by atoms with Crippen molar-refractivity contribution in [3.8, 4) is 6.07 Å². The molecule has 120 valence electrons. The minimum Gasteiger partial charge on any atom is -0.393 e. The van der Waals surface area contributed by atoms with Crippen molar-refractivity contribution in [2.75, 3.05) is 6.54 Å². The average Bonchev–Trinajstić information content (AvgIpc) is 3.19. The molecule has 2 aromatic rings. The van der Waals surface area contributed by atoms with Crippen LogP contribution in [0.2, 0.25) is 0 Å². The lowest BCUT2D eigenvalue weighted by Gasteiger charge is -2.15. The number of H-pyrrole nitrogens is 1. The van der Waals surface area contributed by atoms with Gasteiger partial charge in [-0.2, -0.15) is 10.4 Å². The molecule has 1 unspecified atom stereocenters. The first-order valence-corrected chi connectivity index (χ1v) is 7.60. The summed E-state index contributed by atoms with van der Waals surface area (Å²) in [6.07, 6.45) is 2.55. The molecule has 3 atom stereocenters. The number of rotatable bonds is 5. The quantitative estimate of drug-likeness (QED) is 0.776. The van der Waals surface area contributed by atoms with Crippen LogP contribution in [0.5, 0.6) is 0 Å². The van der Waals surface area contributed by atoms with E-state index >= 15 is 0 Å². The van der Waals surface area contributed by atoms with Crippen LogP contribution >= 0.6 is 0 Å². The SMILES string of the molecule is N#Cc1ccc(CNC[C@H]2CC(c3ncn[nH]3)C[C@H]2O)c(F)c1. The van der Waals surface area contributed by atoms with E-state index in [4.69, 9.17) is 5.26 Å². The van der Waals surface area contributed by atoms with E-state index < -0.39 is 6.10 Å². The van der Waals surface area contributed by atoms with Crippen LogP contribution in [0, 0.1) is 23.1 Å². The standard InChI is InChI=1S/C16H18FN5O/c17-14-3-10(6-18)1-2-11(14)7-19-8-13-4-12(5-15(13)23)16-20-9-21-22-16/h1-3,9,12-13,15,19,23H,4-5,7-8H2,(H,20,21,22)/t12?,13-,15-/m1/s1. The smallest absolute Gasteiger partial charge is 0.137 e. The number of aromatic nitrogens is 3. The van der Waals surface area contributed by atoms with Crippen molar-refractivity contribution < 1.29 is 9.50 Å². The third-order valence-electron chi connectivity index (χ3n) is 4.38. The molecular formula is C16H18FN5O. The molecule has 7 heteroatoms. The molecule has 0 spiro atoms. The van der Waals surface area contributed by atoms with Crippen LogP contribution in [0.15, 0.2) is 24.5 Å². The topological polar surface area (TPSA) is 97.6 Å². The predicted octanol–water partition coefficient (Wildman–Crippen LogP) is 1.46. The predicted molar refractivity (Wildman–Crippen MR) is 80.7 cm³/mol. The van der Waals surface area contributed by atoms with Crippen LogP contribution in [0.1, 0.15) is 35.7 Å². The van der Waals surface area contributed by atoms with Gasteiger partial charge < -0.3 is 10.4 Å². The number of aliphatic hydroxyl groups excluding tert-OH is 1. The van der Waals surface area contributed by atoms with E-state index in [1.165, 1.54) is 12.4 Å². The highest BCUT2D eigenvalue weighted by Crippen LogP contribution is 2.36. The van der Waals surface area contributed by atoms with Gasteiger partial charge in [-0.1, -0.05) is 6.07 Å². The fourth-order valence-electron chi connectivity index (χ4n) is 3.11. The molecule has 0 saturated heterocycles. The minimum absolute atomic E-state index is 0.103. The summed E-state index contributed by atoms with van der Waals surface area (Å²) in [6.45, 7) is 0.971. The van der Waals surface area contributed by atoms with Crippen LogP contribution in [0.25, 0.3) is 0 Å². The summed E-state index contributed by atoms with van der Waals surface area (Å²) >= 11 is 0. The van der Waals surface area contributed by atoms with E-state index in [1.54, 1.807) is 12.1 Å². The Morgan fingerprint density at radius 2 is 2.30 bits per heavy atom. The third kappa shape index (κ3) is 3.55. The van der Waals surface area contributed by atoms with Crippen LogP contribution < -0.4 is 5.32 Å². The summed E-state index contributed by atoms with van der Waals surface area (Å²) in [5.41, 5.74) is 0.829. The Morgan fingerprint density at radius 1 is 1.43 bits per heavy atom. The van der Waals surface area contributed by atoms with Gasteiger partial charge in [0.15, 0.2) is 0 Å². The van der Waals surface area contributed by atoms with E-state index in [1.807, 2.05) is 6.07 Å². The zero-order chi connectivity index (χ0) is 16.2. The van der Waals surface area contributed by atoms with E-state index in [9.17, 15) is 9.50 Å². The van der Waals surface area contributed by atoms with E-state index in [0.29, 0.717) is 30.6 Å². The number of hydrogen-bond acceptors (Lipinski definition) is 5. The maximum atomic E-state index is 13.8. The Hall–Kier alpha value is -2.30. The van der Waals surface area contributed by atoms with Gasteiger partial charge in [-0.3, -0.25) is 5.10 Å². The fraction of sp³-hybridized carbons (Fsp3) is 0.438. The molecule has 3 N–H and O–H groups in total. The lowest BCUT2D eigenvalue weighted by Crippen LogP contribution is -2.27. The maximum absolute atomic E-state index is 13.8. The van der Waals surface area contributed by atoms with Crippen molar-refractivity contribution in [2.24, 2.45) is 5.92 Å². The number of halogens is 1. The van der Waals surface area contributed by atoms with Crippen molar-refractivity contribution in [1.29, 1.82) is 5.26 Å². The Morgan fingerprint density at radius 3 is 3.00 bits per heavy atom.